The fourth-order valence-corrected chi connectivity index (χ4v) is 2.63. The van der Waals surface area contributed by atoms with Crippen LogP contribution in [0.15, 0.2) is 29.6 Å². The Morgan fingerprint density at radius 1 is 1.35 bits per heavy atom. The summed E-state index contributed by atoms with van der Waals surface area (Å²) in [4.78, 5) is 4.67. The van der Waals surface area contributed by atoms with Crippen molar-refractivity contribution in [3.05, 3.63) is 51.5 Å². The topological polar surface area (TPSA) is 24.9 Å². The maximum atomic E-state index is 4.67. The fourth-order valence-electron chi connectivity index (χ4n) is 1.72. The van der Waals surface area contributed by atoms with Crippen LogP contribution >= 0.6 is 11.3 Å². The van der Waals surface area contributed by atoms with E-state index in [0.717, 1.165) is 12.1 Å². The van der Waals surface area contributed by atoms with Crippen LogP contribution in [0.3, 0.4) is 0 Å². The molecule has 0 spiro atoms. The lowest BCUT2D eigenvalue weighted by atomic mass is 10.1. The Kier molecular flexibility index (Phi) is 3.92. The van der Waals surface area contributed by atoms with Crippen LogP contribution in [-0.2, 0) is 6.42 Å². The molecule has 3 heteroatoms. The second-order valence-electron chi connectivity index (χ2n) is 4.28. The Morgan fingerprint density at radius 3 is 2.82 bits per heavy atom. The van der Waals surface area contributed by atoms with Crippen molar-refractivity contribution >= 4 is 11.3 Å². The molecule has 1 unspecified atom stereocenters. The van der Waals surface area contributed by atoms with Crippen molar-refractivity contribution in [3.63, 3.8) is 0 Å². The Labute approximate surface area is 107 Å². The van der Waals surface area contributed by atoms with Gasteiger partial charge in [0.15, 0.2) is 0 Å². The molecule has 0 radical (unpaired) electrons. The van der Waals surface area contributed by atoms with E-state index in [1.807, 2.05) is 7.05 Å². The van der Waals surface area contributed by atoms with Crippen LogP contribution in [0, 0.1) is 6.92 Å². The van der Waals surface area contributed by atoms with Gasteiger partial charge in [-0.3, -0.25) is 0 Å². The highest BCUT2D eigenvalue weighted by atomic mass is 32.1. The van der Waals surface area contributed by atoms with Crippen molar-refractivity contribution in [1.82, 2.24) is 10.3 Å². The Balaban J connectivity index is 2.14. The van der Waals surface area contributed by atoms with Crippen molar-refractivity contribution in [3.8, 4) is 0 Å². The molecule has 0 saturated carbocycles. The molecule has 2 rings (SSSR count). The third-order valence-corrected chi connectivity index (χ3v) is 3.92. The van der Waals surface area contributed by atoms with Gasteiger partial charge in [0.25, 0.3) is 0 Å². The highest BCUT2D eigenvalue weighted by Crippen LogP contribution is 2.20. The van der Waals surface area contributed by atoms with Crippen molar-refractivity contribution < 1.29 is 0 Å². The number of benzene rings is 1. The zero-order chi connectivity index (χ0) is 12.3. The zero-order valence-electron chi connectivity index (χ0n) is 10.5. The molecule has 90 valence electrons. The SMILES string of the molecule is CNC(C)c1csc(Cc2ccccc2C)n1. The molecule has 1 heterocycles. The Morgan fingerprint density at radius 2 is 2.12 bits per heavy atom. The third-order valence-electron chi connectivity index (χ3n) is 3.05. The fraction of sp³-hybridized carbons (Fsp3) is 0.357. The highest BCUT2D eigenvalue weighted by molar-refractivity contribution is 7.09. The van der Waals surface area contributed by atoms with Gasteiger partial charge in [-0.05, 0) is 32.0 Å². The smallest absolute Gasteiger partial charge is 0.0973 e. The maximum Gasteiger partial charge on any atom is 0.0973 e. The number of rotatable bonds is 4. The molecule has 0 saturated heterocycles. The molecular weight excluding hydrogens is 228 g/mol. The van der Waals surface area contributed by atoms with E-state index in [9.17, 15) is 0 Å². The van der Waals surface area contributed by atoms with Gasteiger partial charge in [0.2, 0.25) is 0 Å². The molecule has 0 aliphatic rings. The molecule has 0 fully saturated rings. The molecule has 17 heavy (non-hydrogen) atoms. The third kappa shape index (κ3) is 2.93. The average molecular weight is 246 g/mol. The first-order valence-electron chi connectivity index (χ1n) is 5.86. The summed E-state index contributed by atoms with van der Waals surface area (Å²) in [5, 5.41) is 6.55. The van der Waals surface area contributed by atoms with E-state index in [0.29, 0.717) is 6.04 Å². The first-order chi connectivity index (χ1) is 8.20. The quantitative estimate of drug-likeness (QED) is 0.895. The molecule has 2 aromatic rings. The van der Waals surface area contributed by atoms with Gasteiger partial charge in [0, 0.05) is 17.8 Å². The molecule has 0 aliphatic heterocycles. The molecule has 0 amide bonds. The lowest BCUT2D eigenvalue weighted by Gasteiger charge is -2.05. The second-order valence-corrected chi connectivity index (χ2v) is 5.22. The van der Waals surface area contributed by atoms with Crippen LogP contribution in [0.1, 0.15) is 34.8 Å². The molecule has 1 aromatic carbocycles. The first-order valence-corrected chi connectivity index (χ1v) is 6.74. The van der Waals surface area contributed by atoms with Gasteiger partial charge < -0.3 is 5.32 Å². The van der Waals surface area contributed by atoms with E-state index < -0.39 is 0 Å². The van der Waals surface area contributed by atoms with Gasteiger partial charge in [-0.1, -0.05) is 24.3 Å². The van der Waals surface area contributed by atoms with Gasteiger partial charge in [-0.25, -0.2) is 4.98 Å². The highest BCUT2D eigenvalue weighted by Gasteiger charge is 2.08. The number of hydrogen-bond donors (Lipinski definition) is 1. The largest absolute Gasteiger partial charge is 0.312 e. The van der Waals surface area contributed by atoms with Crippen LogP contribution < -0.4 is 5.32 Å². The summed E-state index contributed by atoms with van der Waals surface area (Å²) in [6.45, 7) is 4.28. The molecule has 1 N–H and O–H groups in total. The summed E-state index contributed by atoms with van der Waals surface area (Å²) in [6, 6.07) is 8.83. The number of aromatic nitrogens is 1. The number of aryl methyl sites for hydroxylation is 1. The average Bonchev–Trinajstić information content (AvgIpc) is 2.80. The maximum absolute atomic E-state index is 4.67. The van der Waals surface area contributed by atoms with E-state index in [4.69, 9.17) is 0 Å². The minimum atomic E-state index is 0.330. The Hall–Kier alpha value is -1.19. The monoisotopic (exact) mass is 246 g/mol. The lowest BCUT2D eigenvalue weighted by molar-refractivity contribution is 0.635. The summed E-state index contributed by atoms with van der Waals surface area (Å²) >= 11 is 1.75. The number of thiazole rings is 1. The zero-order valence-corrected chi connectivity index (χ0v) is 11.3. The molecular formula is C14H18N2S. The predicted molar refractivity (Wildman–Crippen MR) is 73.6 cm³/mol. The molecule has 0 bridgehead atoms. The molecule has 1 atom stereocenters. The van der Waals surface area contributed by atoms with E-state index in [-0.39, 0.29) is 0 Å². The standard InChI is InChI=1S/C14H18N2S/c1-10-6-4-5-7-12(10)8-14-16-13(9-17-14)11(2)15-3/h4-7,9,11,15H,8H2,1-3H3. The van der Waals surface area contributed by atoms with Crippen LogP contribution in [-0.4, -0.2) is 12.0 Å². The van der Waals surface area contributed by atoms with E-state index in [1.165, 1.54) is 16.1 Å². The van der Waals surface area contributed by atoms with E-state index in [1.54, 1.807) is 11.3 Å². The van der Waals surface area contributed by atoms with Gasteiger partial charge in [0.05, 0.1) is 10.7 Å². The summed E-state index contributed by atoms with van der Waals surface area (Å²) in [6.07, 6.45) is 0.938. The van der Waals surface area contributed by atoms with Crippen molar-refractivity contribution in [2.75, 3.05) is 7.05 Å². The second kappa shape index (κ2) is 5.43. The van der Waals surface area contributed by atoms with Gasteiger partial charge in [-0.2, -0.15) is 0 Å². The molecule has 2 nitrogen and oxygen atoms in total. The van der Waals surface area contributed by atoms with Crippen LogP contribution in [0.25, 0.3) is 0 Å². The number of nitrogens with zero attached hydrogens (tertiary/aromatic N) is 1. The van der Waals surface area contributed by atoms with Crippen molar-refractivity contribution in [2.45, 2.75) is 26.3 Å². The number of nitrogens with one attached hydrogen (secondary N) is 1. The van der Waals surface area contributed by atoms with Crippen molar-refractivity contribution in [1.29, 1.82) is 0 Å². The first kappa shape index (κ1) is 12.3. The van der Waals surface area contributed by atoms with Gasteiger partial charge >= 0.3 is 0 Å². The lowest BCUT2D eigenvalue weighted by Crippen LogP contribution is -2.12. The summed E-state index contributed by atoms with van der Waals surface area (Å²) in [5.74, 6) is 0. The van der Waals surface area contributed by atoms with Gasteiger partial charge in [-0.15, -0.1) is 11.3 Å². The van der Waals surface area contributed by atoms with Crippen LogP contribution in [0.5, 0.6) is 0 Å². The summed E-state index contributed by atoms with van der Waals surface area (Å²) < 4.78 is 0. The van der Waals surface area contributed by atoms with E-state index in [2.05, 4.69) is 53.8 Å². The number of hydrogen-bond acceptors (Lipinski definition) is 3. The summed E-state index contributed by atoms with van der Waals surface area (Å²) in [7, 11) is 1.96. The molecule has 1 aromatic heterocycles. The van der Waals surface area contributed by atoms with Crippen LogP contribution in [0.4, 0.5) is 0 Å². The molecule has 0 aliphatic carbocycles. The van der Waals surface area contributed by atoms with Crippen molar-refractivity contribution in [2.24, 2.45) is 0 Å². The summed E-state index contributed by atoms with van der Waals surface area (Å²) in [5.41, 5.74) is 3.84. The minimum absolute atomic E-state index is 0.330. The Bertz CT molecular complexity index is 490. The minimum Gasteiger partial charge on any atom is -0.312 e. The van der Waals surface area contributed by atoms with Gasteiger partial charge in [0.1, 0.15) is 0 Å². The van der Waals surface area contributed by atoms with Crippen LogP contribution in [0.2, 0.25) is 0 Å². The predicted octanol–water partition coefficient (Wildman–Crippen LogP) is 3.32. The normalized spacial score (nSPS) is 12.6. The van der Waals surface area contributed by atoms with E-state index >= 15 is 0 Å².